The van der Waals surface area contributed by atoms with Crippen LogP contribution in [0.5, 0.6) is 11.5 Å². The van der Waals surface area contributed by atoms with E-state index in [0.717, 1.165) is 6.42 Å². The molecule has 1 heterocycles. The molecule has 174 valence electrons. The first kappa shape index (κ1) is 21.7. The standard InChI is InChI=1S/C26H21Cl2NO5/c1-33-14-4-2-12(3-5-14)21(30)11-34-24-19(27)8-13(9-20(24)28)29-25(31)22-15-6-7-16(18-10-17(15)18)23(22)26(29)32/h2-9,15-18,22-23H,10-11H2,1H3/t15-,16+,17?,18?,22-,23+. The molecule has 2 saturated carbocycles. The van der Waals surface area contributed by atoms with Crippen molar-refractivity contribution in [2.24, 2.45) is 35.5 Å². The second kappa shape index (κ2) is 7.85. The van der Waals surface area contributed by atoms with Crippen LogP contribution in [0.15, 0.2) is 48.6 Å². The second-order valence-electron chi connectivity index (χ2n) is 9.35. The zero-order chi connectivity index (χ0) is 23.7. The van der Waals surface area contributed by atoms with Gasteiger partial charge in [-0.05, 0) is 66.5 Å². The monoisotopic (exact) mass is 497 g/mol. The summed E-state index contributed by atoms with van der Waals surface area (Å²) >= 11 is 12.9. The normalized spacial score (nSPS) is 30.3. The van der Waals surface area contributed by atoms with Crippen LogP contribution in [-0.2, 0) is 9.59 Å². The summed E-state index contributed by atoms with van der Waals surface area (Å²) in [7, 11) is 1.55. The largest absolute Gasteiger partial charge is 0.497 e. The highest BCUT2D eigenvalue weighted by Crippen LogP contribution is 2.65. The van der Waals surface area contributed by atoms with Gasteiger partial charge in [0.25, 0.3) is 0 Å². The quantitative estimate of drug-likeness (QED) is 0.325. The molecule has 34 heavy (non-hydrogen) atoms. The maximum atomic E-state index is 13.3. The lowest BCUT2D eigenvalue weighted by Crippen LogP contribution is -2.40. The van der Waals surface area contributed by atoms with Crippen LogP contribution in [-0.4, -0.2) is 31.3 Å². The molecule has 0 spiro atoms. The van der Waals surface area contributed by atoms with Gasteiger partial charge in [0.1, 0.15) is 5.75 Å². The molecule has 2 bridgehead atoms. The number of allylic oxidation sites excluding steroid dienone is 2. The molecule has 0 aromatic heterocycles. The van der Waals surface area contributed by atoms with Gasteiger partial charge in [0.15, 0.2) is 18.1 Å². The fraction of sp³-hybridized carbons (Fsp3) is 0.346. The number of hydrogen-bond donors (Lipinski definition) is 0. The van der Waals surface area contributed by atoms with Crippen LogP contribution in [0.4, 0.5) is 5.69 Å². The number of Topliss-reactive ketones (excluding diaryl/α,β-unsaturated/α-hetero) is 1. The summed E-state index contributed by atoms with van der Waals surface area (Å²) in [6.45, 7) is -0.269. The molecule has 3 fully saturated rings. The zero-order valence-electron chi connectivity index (χ0n) is 18.2. The molecule has 6 atom stereocenters. The lowest BCUT2D eigenvalue weighted by atomic mass is 9.63. The van der Waals surface area contributed by atoms with Crippen molar-refractivity contribution in [2.75, 3.05) is 18.6 Å². The second-order valence-corrected chi connectivity index (χ2v) is 10.2. The number of hydrogen-bond acceptors (Lipinski definition) is 5. The van der Waals surface area contributed by atoms with Gasteiger partial charge >= 0.3 is 0 Å². The number of rotatable bonds is 6. The van der Waals surface area contributed by atoms with Crippen LogP contribution in [0.1, 0.15) is 16.8 Å². The van der Waals surface area contributed by atoms with Gasteiger partial charge in [-0.1, -0.05) is 35.4 Å². The number of nitrogens with zero attached hydrogens (tertiary/aromatic N) is 1. The van der Waals surface area contributed by atoms with Gasteiger partial charge in [-0.25, -0.2) is 4.90 Å². The summed E-state index contributed by atoms with van der Waals surface area (Å²) in [5, 5.41) is 0.258. The van der Waals surface area contributed by atoms with Gasteiger partial charge in [-0.2, -0.15) is 0 Å². The van der Waals surface area contributed by atoms with Crippen LogP contribution in [0.3, 0.4) is 0 Å². The average molecular weight is 498 g/mol. The number of imide groups is 1. The van der Waals surface area contributed by atoms with E-state index < -0.39 is 0 Å². The van der Waals surface area contributed by atoms with Gasteiger partial charge in [-0.15, -0.1) is 0 Å². The lowest BCUT2D eigenvalue weighted by Gasteiger charge is -2.37. The molecule has 5 aliphatic rings. The summed E-state index contributed by atoms with van der Waals surface area (Å²) in [6.07, 6.45) is 5.37. The number of carbonyl (C=O) groups is 3. The van der Waals surface area contributed by atoms with Crippen LogP contribution in [0.25, 0.3) is 0 Å². The summed E-state index contributed by atoms with van der Waals surface area (Å²) in [5.41, 5.74) is 0.795. The fourth-order valence-electron chi connectivity index (χ4n) is 6.02. The molecule has 2 amide bonds. The molecule has 1 aliphatic heterocycles. The Kier molecular flexibility index (Phi) is 5.01. The highest BCUT2D eigenvalue weighted by molar-refractivity contribution is 6.38. The molecule has 0 N–H and O–H groups in total. The van der Waals surface area contributed by atoms with Crippen molar-refractivity contribution in [2.45, 2.75) is 6.42 Å². The molecule has 8 heteroatoms. The SMILES string of the molecule is COc1ccc(C(=O)COc2c(Cl)cc(N3C(=O)[C@@H]4[C@H](C3=O)[C@@H]3C=C[C@H]4C4CC43)cc2Cl)cc1. The Morgan fingerprint density at radius 1 is 0.971 bits per heavy atom. The number of amides is 2. The first-order chi connectivity index (χ1) is 16.4. The van der Waals surface area contributed by atoms with E-state index in [-0.39, 0.29) is 63.7 Å². The third kappa shape index (κ3) is 3.19. The molecule has 4 aliphatic carbocycles. The molecular formula is C26H21Cl2NO5. The number of benzene rings is 2. The van der Waals surface area contributed by atoms with Crippen LogP contribution in [0.2, 0.25) is 10.0 Å². The van der Waals surface area contributed by atoms with Crippen molar-refractivity contribution in [3.05, 3.63) is 64.2 Å². The maximum absolute atomic E-state index is 13.3. The molecule has 2 aromatic rings. The highest BCUT2D eigenvalue weighted by atomic mass is 35.5. The van der Waals surface area contributed by atoms with E-state index in [1.54, 1.807) is 31.4 Å². The van der Waals surface area contributed by atoms with E-state index in [4.69, 9.17) is 32.7 Å². The van der Waals surface area contributed by atoms with Gasteiger partial charge in [-0.3, -0.25) is 14.4 Å². The van der Waals surface area contributed by atoms with Gasteiger partial charge < -0.3 is 9.47 Å². The first-order valence-corrected chi connectivity index (χ1v) is 12.0. The van der Waals surface area contributed by atoms with Crippen molar-refractivity contribution in [3.63, 3.8) is 0 Å². The number of anilines is 1. The minimum atomic E-state index is -0.304. The van der Waals surface area contributed by atoms with Crippen molar-refractivity contribution >= 4 is 46.5 Å². The molecule has 2 unspecified atom stereocenters. The zero-order valence-corrected chi connectivity index (χ0v) is 19.8. The Hall–Kier alpha value is -2.83. The molecule has 2 aromatic carbocycles. The predicted molar refractivity (Wildman–Crippen MR) is 126 cm³/mol. The number of ketones is 1. The minimum absolute atomic E-state index is 0.129. The van der Waals surface area contributed by atoms with E-state index in [1.807, 2.05) is 0 Å². The van der Waals surface area contributed by atoms with Crippen molar-refractivity contribution in [1.29, 1.82) is 0 Å². The summed E-state index contributed by atoms with van der Waals surface area (Å²) in [6, 6.07) is 9.68. The number of halogens is 2. The van der Waals surface area contributed by atoms with E-state index in [2.05, 4.69) is 12.2 Å². The Morgan fingerprint density at radius 2 is 1.53 bits per heavy atom. The van der Waals surface area contributed by atoms with Crippen molar-refractivity contribution in [1.82, 2.24) is 0 Å². The summed E-state index contributed by atoms with van der Waals surface area (Å²) in [4.78, 5) is 40.4. The average Bonchev–Trinajstić information content (AvgIpc) is 3.61. The maximum Gasteiger partial charge on any atom is 0.238 e. The summed E-state index contributed by atoms with van der Waals surface area (Å²) < 4.78 is 10.7. The van der Waals surface area contributed by atoms with Crippen LogP contribution < -0.4 is 14.4 Å². The van der Waals surface area contributed by atoms with Crippen molar-refractivity contribution in [3.8, 4) is 11.5 Å². The molecule has 1 saturated heterocycles. The minimum Gasteiger partial charge on any atom is -0.497 e. The third-order valence-corrected chi connectivity index (χ3v) is 8.23. The third-order valence-electron chi connectivity index (χ3n) is 7.66. The molecule has 6 nitrogen and oxygen atoms in total. The first-order valence-electron chi connectivity index (χ1n) is 11.2. The Morgan fingerprint density at radius 3 is 2.06 bits per heavy atom. The van der Waals surface area contributed by atoms with Crippen LogP contribution >= 0.6 is 23.2 Å². The smallest absolute Gasteiger partial charge is 0.238 e. The molecule has 0 radical (unpaired) electrons. The Labute approximate surface area is 206 Å². The lowest BCUT2D eigenvalue weighted by molar-refractivity contribution is -0.124. The van der Waals surface area contributed by atoms with Crippen molar-refractivity contribution < 1.29 is 23.9 Å². The number of methoxy groups -OCH3 is 1. The van der Waals surface area contributed by atoms with Gasteiger partial charge in [0, 0.05) is 5.56 Å². The molecular weight excluding hydrogens is 477 g/mol. The number of carbonyl (C=O) groups excluding carboxylic acids is 3. The van der Waals surface area contributed by atoms with Gasteiger partial charge in [0.05, 0.1) is 34.7 Å². The van der Waals surface area contributed by atoms with E-state index in [9.17, 15) is 14.4 Å². The Bertz CT molecular complexity index is 1200. The summed E-state index contributed by atoms with van der Waals surface area (Å²) in [5.74, 6) is 0.874. The van der Waals surface area contributed by atoms with E-state index in [0.29, 0.717) is 28.8 Å². The molecule has 7 rings (SSSR count). The van der Waals surface area contributed by atoms with Crippen LogP contribution in [0, 0.1) is 35.5 Å². The fourth-order valence-corrected chi connectivity index (χ4v) is 6.61. The number of ether oxygens (including phenoxy) is 2. The Balaban J connectivity index is 1.21. The van der Waals surface area contributed by atoms with E-state index in [1.165, 1.54) is 17.0 Å². The van der Waals surface area contributed by atoms with E-state index >= 15 is 0 Å². The predicted octanol–water partition coefficient (Wildman–Crippen LogP) is 4.82. The topological polar surface area (TPSA) is 72.9 Å². The van der Waals surface area contributed by atoms with Gasteiger partial charge in [0.2, 0.25) is 11.8 Å². The highest BCUT2D eigenvalue weighted by Gasteiger charge is 2.67.